The van der Waals surface area contributed by atoms with E-state index >= 15 is 0 Å². The van der Waals surface area contributed by atoms with Gasteiger partial charge < -0.3 is 0 Å². The highest BCUT2D eigenvalue weighted by atomic mass is 33.2. The molecule has 0 rings (SSSR count). The first-order valence-corrected chi connectivity index (χ1v) is 6.51. The molecule has 0 aliphatic heterocycles. The van der Waals surface area contributed by atoms with Crippen molar-refractivity contribution >= 4 is 18.3 Å². The average molecular weight is 220 g/mol. The van der Waals surface area contributed by atoms with Crippen molar-refractivity contribution in [1.82, 2.24) is 0 Å². The molecule has 0 atom stereocenters. The lowest BCUT2D eigenvalue weighted by Gasteiger charge is -1.84. The summed E-state index contributed by atoms with van der Waals surface area (Å²) in [6.45, 7) is 4.36. The second-order valence-electron chi connectivity index (χ2n) is 1.86. The minimum atomic E-state index is -5.31. The lowest BCUT2D eigenvalue weighted by Crippen LogP contribution is -2.11. The van der Waals surface area contributed by atoms with Crippen molar-refractivity contribution in [1.29, 1.82) is 0 Å². The van der Waals surface area contributed by atoms with E-state index in [1.807, 2.05) is 0 Å². The zero-order chi connectivity index (χ0) is 10.4. The molecule has 0 aromatic rings. The lowest BCUT2D eigenvalue weighted by atomic mass is 10.4. The van der Waals surface area contributed by atoms with Crippen molar-refractivity contribution < 1.29 is 25.9 Å². The van der Waals surface area contributed by atoms with Crippen LogP contribution >= 0.6 is 0 Å². The monoisotopic (exact) mass is 220 g/mol. The molecule has 0 amide bonds. The number of unbranched alkanes of at least 4 members (excludes halogenated alkanes) is 1. The molecule has 0 aliphatic carbocycles. The Morgan fingerprint density at radius 1 is 0.833 bits per heavy atom. The van der Waals surface area contributed by atoms with Crippen molar-refractivity contribution in [3.8, 4) is 0 Å². The smallest absolute Gasteiger partial charge is 0.272 e. The van der Waals surface area contributed by atoms with Gasteiger partial charge in [0.1, 0.15) is 0 Å². The van der Waals surface area contributed by atoms with Crippen LogP contribution in [0.3, 0.4) is 0 Å². The molecule has 8 heteroatoms. The van der Waals surface area contributed by atoms with Crippen LogP contribution in [0, 0.1) is 0 Å². The maximum absolute atomic E-state index is 9.37. The Bertz CT molecular complexity index is 254. The molecule has 0 unspecified atom stereocenters. The molecule has 0 fully saturated rings. The molecule has 0 saturated heterocycles. The van der Waals surface area contributed by atoms with Crippen LogP contribution in [0.1, 0.15) is 26.7 Å². The Kier molecular flexibility index (Phi) is 6.53. The SMILES string of the molecule is CCCC.O=S(=O)(O)S(=O)(=O)O. The van der Waals surface area contributed by atoms with Gasteiger partial charge in [-0.2, -0.15) is 16.8 Å². The molecule has 0 aliphatic rings. The first-order chi connectivity index (χ1) is 5.16. The van der Waals surface area contributed by atoms with Crippen molar-refractivity contribution in [2.75, 3.05) is 0 Å². The topological polar surface area (TPSA) is 109 Å². The van der Waals surface area contributed by atoms with E-state index in [2.05, 4.69) is 13.8 Å². The van der Waals surface area contributed by atoms with E-state index in [0.29, 0.717) is 0 Å². The summed E-state index contributed by atoms with van der Waals surface area (Å²) in [7, 11) is -10.6. The van der Waals surface area contributed by atoms with E-state index in [4.69, 9.17) is 9.11 Å². The molecule has 0 aromatic carbocycles. The molecule has 0 heterocycles. The molecule has 0 saturated carbocycles. The van der Waals surface area contributed by atoms with Crippen LogP contribution in [0.25, 0.3) is 0 Å². The van der Waals surface area contributed by atoms with Gasteiger partial charge in [-0.1, -0.05) is 26.7 Å². The zero-order valence-corrected chi connectivity index (χ0v) is 8.39. The van der Waals surface area contributed by atoms with E-state index in [0.717, 1.165) is 0 Å². The lowest BCUT2D eigenvalue weighted by molar-refractivity contribution is 0.460. The Hall–Kier alpha value is -0.180. The third-order valence-corrected chi connectivity index (χ3v) is 2.90. The third kappa shape index (κ3) is 7.92. The van der Waals surface area contributed by atoms with Gasteiger partial charge in [0, 0.05) is 0 Å². The normalized spacial score (nSPS) is 11.7. The highest BCUT2D eigenvalue weighted by Gasteiger charge is 2.22. The van der Waals surface area contributed by atoms with Crippen molar-refractivity contribution in [3.63, 3.8) is 0 Å². The second kappa shape index (κ2) is 5.46. The zero-order valence-electron chi connectivity index (χ0n) is 6.76. The Balaban J connectivity index is 0. The average Bonchev–Trinajstić information content (AvgIpc) is 1.84. The Morgan fingerprint density at radius 3 is 1.00 bits per heavy atom. The predicted molar refractivity (Wildman–Crippen MR) is 43.7 cm³/mol. The molecule has 6 nitrogen and oxygen atoms in total. The van der Waals surface area contributed by atoms with Gasteiger partial charge in [0.15, 0.2) is 0 Å². The van der Waals surface area contributed by atoms with Crippen LogP contribution in [-0.2, 0) is 18.3 Å². The van der Waals surface area contributed by atoms with E-state index in [-0.39, 0.29) is 0 Å². The molecular formula is C4H12O6S2. The summed E-state index contributed by atoms with van der Waals surface area (Å²) in [6, 6.07) is 0. The van der Waals surface area contributed by atoms with Crippen LogP contribution in [0.2, 0.25) is 0 Å². The van der Waals surface area contributed by atoms with Gasteiger partial charge in [-0.15, -0.1) is 0 Å². The van der Waals surface area contributed by atoms with Crippen LogP contribution < -0.4 is 0 Å². The number of hydrogen-bond donors (Lipinski definition) is 2. The van der Waals surface area contributed by atoms with Gasteiger partial charge in [-0.25, -0.2) is 0 Å². The molecule has 2 N–H and O–H groups in total. The van der Waals surface area contributed by atoms with Gasteiger partial charge in [-0.05, 0) is 0 Å². The molecule has 0 radical (unpaired) electrons. The standard InChI is InChI=1S/C4H10.H2O6S2/c1-3-4-2;1-7(2,3)8(4,5)6/h3-4H2,1-2H3;(H,1,2,3)(H,4,5,6). The van der Waals surface area contributed by atoms with Crippen LogP contribution in [0.15, 0.2) is 0 Å². The quantitative estimate of drug-likeness (QED) is 0.517. The minimum Gasteiger partial charge on any atom is -0.272 e. The van der Waals surface area contributed by atoms with E-state index in [9.17, 15) is 16.8 Å². The Labute approximate surface area is 71.5 Å². The molecule has 0 aromatic heterocycles. The maximum atomic E-state index is 9.37. The predicted octanol–water partition coefficient (Wildman–Crippen LogP) is 0.483. The van der Waals surface area contributed by atoms with E-state index in [1.54, 1.807) is 0 Å². The highest BCUT2D eigenvalue weighted by molar-refractivity contribution is 8.62. The van der Waals surface area contributed by atoms with Crippen LogP contribution in [0.5, 0.6) is 0 Å². The van der Waals surface area contributed by atoms with Crippen molar-refractivity contribution in [2.45, 2.75) is 26.7 Å². The molecule has 0 spiro atoms. The van der Waals surface area contributed by atoms with Crippen LogP contribution in [0.4, 0.5) is 0 Å². The van der Waals surface area contributed by atoms with E-state index < -0.39 is 18.3 Å². The third-order valence-electron chi connectivity index (χ3n) is 0.766. The second-order valence-corrected chi connectivity index (χ2v) is 6.09. The Morgan fingerprint density at radius 2 is 1.00 bits per heavy atom. The van der Waals surface area contributed by atoms with Crippen molar-refractivity contribution in [3.05, 3.63) is 0 Å². The van der Waals surface area contributed by atoms with Gasteiger partial charge in [0.05, 0.1) is 0 Å². The van der Waals surface area contributed by atoms with Crippen LogP contribution in [-0.4, -0.2) is 25.9 Å². The molecule has 12 heavy (non-hydrogen) atoms. The summed E-state index contributed by atoms with van der Waals surface area (Å²) in [6.07, 6.45) is 2.64. The largest absolute Gasteiger partial charge is 0.397 e. The summed E-state index contributed by atoms with van der Waals surface area (Å²) in [5, 5.41) is 0. The van der Waals surface area contributed by atoms with E-state index in [1.165, 1.54) is 12.8 Å². The van der Waals surface area contributed by atoms with Crippen molar-refractivity contribution in [2.24, 2.45) is 0 Å². The molecular weight excluding hydrogens is 208 g/mol. The summed E-state index contributed by atoms with van der Waals surface area (Å²) in [5.41, 5.74) is 0. The van der Waals surface area contributed by atoms with Gasteiger partial charge in [0.2, 0.25) is 0 Å². The fraction of sp³-hybridized carbons (Fsp3) is 1.00. The fourth-order valence-electron chi connectivity index (χ4n) is 0. The molecule has 0 bridgehead atoms. The minimum absolute atomic E-state index is 1.32. The summed E-state index contributed by atoms with van der Waals surface area (Å²) >= 11 is 0. The first kappa shape index (κ1) is 14.3. The number of hydrogen-bond acceptors (Lipinski definition) is 4. The fourth-order valence-corrected chi connectivity index (χ4v) is 0. The summed E-state index contributed by atoms with van der Waals surface area (Å²) in [4.78, 5) is 0. The summed E-state index contributed by atoms with van der Waals surface area (Å²) in [5.74, 6) is 0. The van der Waals surface area contributed by atoms with Gasteiger partial charge in [-0.3, -0.25) is 9.11 Å². The highest BCUT2D eigenvalue weighted by Crippen LogP contribution is 1.90. The molecule has 76 valence electrons. The maximum Gasteiger partial charge on any atom is 0.397 e. The van der Waals surface area contributed by atoms with Gasteiger partial charge in [0.25, 0.3) is 0 Å². The first-order valence-electron chi connectivity index (χ1n) is 3.11. The number of rotatable bonds is 2. The van der Waals surface area contributed by atoms with Gasteiger partial charge >= 0.3 is 18.3 Å². The summed E-state index contributed by atoms with van der Waals surface area (Å²) < 4.78 is 52.5.